The highest BCUT2D eigenvalue weighted by molar-refractivity contribution is 5.16. The average Bonchev–Trinajstić information content (AvgIpc) is 2.06. The maximum Gasteiger partial charge on any atom is 0.0695 e. The standard InChI is InChI=1S/C10H14NO/c1-8(12)10(11)7-9-5-3-2-4-6-9/h2-6,8,10,12H,1,7,11H2/t8?,10-/m0/s1. The quantitative estimate of drug-likeness (QED) is 0.692. The van der Waals surface area contributed by atoms with E-state index in [1.807, 2.05) is 30.3 Å². The Hall–Kier alpha value is -0.860. The second-order valence-corrected chi connectivity index (χ2v) is 2.92. The molecule has 2 heteroatoms. The number of nitrogens with two attached hydrogens (primary N) is 1. The fourth-order valence-corrected chi connectivity index (χ4v) is 1.02. The molecule has 2 atom stereocenters. The van der Waals surface area contributed by atoms with Gasteiger partial charge in [-0.15, -0.1) is 0 Å². The number of rotatable bonds is 3. The minimum Gasteiger partial charge on any atom is -0.392 e. The van der Waals surface area contributed by atoms with Gasteiger partial charge in [-0.25, -0.2) is 0 Å². The number of aliphatic hydroxyl groups is 1. The third-order valence-corrected chi connectivity index (χ3v) is 1.81. The lowest BCUT2D eigenvalue weighted by Gasteiger charge is -2.13. The molecule has 1 radical (unpaired) electrons. The summed E-state index contributed by atoms with van der Waals surface area (Å²) in [7, 11) is 0. The predicted octanol–water partition coefficient (Wildman–Crippen LogP) is 0.751. The molecule has 0 saturated heterocycles. The van der Waals surface area contributed by atoms with Crippen LogP contribution in [0.3, 0.4) is 0 Å². The van der Waals surface area contributed by atoms with Gasteiger partial charge in [-0.1, -0.05) is 30.3 Å². The lowest BCUT2D eigenvalue weighted by molar-refractivity contribution is 0.188. The van der Waals surface area contributed by atoms with Crippen molar-refractivity contribution in [1.29, 1.82) is 0 Å². The molecule has 65 valence electrons. The number of aliphatic hydroxyl groups excluding tert-OH is 1. The second kappa shape index (κ2) is 4.24. The molecule has 0 saturated carbocycles. The molecule has 3 N–H and O–H groups in total. The van der Waals surface area contributed by atoms with E-state index in [1.165, 1.54) is 0 Å². The van der Waals surface area contributed by atoms with Crippen LogP contribution in [0.5, 0.6) is 0 Å². The van der Waals surface area contributed by atoms with Gasteiger partial charge in [0.2, 0.25) is 0 Å². The summed E-state index contributed by atoms with van der Waals surface area (Å²) >= 11 is 0. The van der Waals surface area contributed by atoms with E-state index in [1.54, 1.807) is 0 Å². The lowest BCUT2D eigenvalue weighted by atomic mass is 10.0. The Bertz CT molecular complexity index is 221. The summed E-state index contributed by atoms with van der Waals surface area (Å²) in [5.74, 6) is 0. The van der Waals surface area contributed by atoms with Gasteiger partial charge in [0.15, 0.2) is 0 Å². The van der Waals surface area contributed by atoms with E-state index in [9.17, 15) is 0 Å². The molecule has 0 bridgehead atoms. The molecule has 0 spiro atoms. The van der Waals surface area contributed by atoms with Crippen LogP contribution in [0, 0.1) is 6.92 Å². The first-order chi connectivity index (χ1) is 5.70. The highest BCUT2D eigenvalue weighted by atomic mass is 16.3. The number of benzene rings is 1. The van der Waals surface area contributed by atoms with Crippen LogP contribution in [0.2, 0.25) is 0 Å². The van der Waals surface area contributed by atoms with Crippen molar-refractivity contribution < 1.29 is 5.11 Å². The van der Waals surface area contributed by atoms with Gasteiger partial charge in [0.25, 0.3) is 0 Å². The summed E-state index contributed by atoms with van der Waals surface area (Å²) in [6.45, 7) is 3.47. The van der Waals surface area contributed by atoms with Crippen LogP contribution in [-0.2, 0) is 6.42 Å². The smallest absolute Gasteiger partial charge is 0.0695 e. The Labute approximate surface area is 73.0 Å². The van der Waals surface area contributed by atoms with Gasteiger partial charge >= 0.3 is 0 Å². The Morgan fingerprint density at radius 1 is 1.33 bits per heavy atom. The van der Waals surface area contributed by atoms with E-state index in [0.29, 0.717) is 6.42 Å². The monoisotopic (exact) mass is 164 g/mol. The van der Waals surface area contributed by atoms with Crippen molar-refractivity contribution in [3.8, 4) is 0 Å². The molecular weight excluding hydrogens is 150 g/mol. The van der Waals surface area contributed by atoms with Crippen LogP contribution in [-0.4, -0.2) is 17.3 Å². The molecule has 1 aromatic rings. The molecule has 0 amide bonds. The first-order valence-electron chi connectivity index (χ1n) is 4.01. The highest BCUT2D eigenvalue weighted by Crippen LogP contribution is 2.03. The summed E-state index contributed by atoms with van der Waals surface area (Å²) in [5.41, 5.74) is 6.77. The lowest BCUT2D eigenvalue weighted by Crippen LogP contribution is -2.34. The maximum absolute atomic E-state index is 9.05. The fraction of sp³-hybridized carbons (Fsp3) is 0.300. The molecular formula is C10H14NO. The summed E-state index contributed by atoms with van der Waals surface area (Å²) in [6.07, 6.45) is -0.0175. The van der Waals surface area contributed by atoms with Crippen LogP contribution in [0.25, 0.3) is 0 Å². The normalized spacial score (nSPS) is 15.6. The Balaban J connectivity index is 2.53. The van der Waals surface area contributed by atoms with Gasteiger partial charge in [0.1, 0.15) is 0 Å². The summed E-state index contributed by atoms with van der Waals surface area (Å²) < 4.78 is 0. The van der Waals surface area contributed by atoms with Gasteiger partial charge in [-0.3, -0.25) is 0 Å². The summed E-state index contributed by atoms with van der Waals surface area (Å²) in [5, 5.41) is 9.05. The minimum atomic E-state index is -0.690. The Kier molecular flexibility index (Phi) is 3.26. The van der Waals surface area contributed by atoms with Crippen molar-refractivity contribution in [2.75, 3.05) is 0 Å². The molecule has 0 fully saturated rings. The van der Waals surface area contributed by atoms with Crippen LogP contribution in [0.15, 0.2) is 30.3 Å². The topological polar surface area (TPSA) is 46.2 Å². The zero-order chi connectivity index (χ0) is 8.97. The van der Waals surface area contributed by atoms with E-state index in [2.05, 4.69) is 6.92 Å². The molecule has 2 nitrogen and oxygen atoms in total. The van der Waals surface area contributed by atoms with Crippen LogP contribution < -0.4 is 5.73 Å². The average molecular weight is 164 g/mol. The first-order valence-corrected chi connectivity index (χ1v) is 4.01. The third-order valence-electron chi connectivity index (χ3n) is 1.81. The van der Waals surface area contributed by atoms with Crippen molar-refractivity contribution in [2.45, 2.75) is 18.6 Å². The molecule has 0 aliphatic heterocycles. The Morgan fingerprint density at radius 3 is 2.42 bits per heavy atom. The minimum absolute atomic E-state index is 0.271. The highest BCUT2D eigenvalue weighted by Gasteiger charge is 2.08. The van der Waals surface area contributed by atoms with Crippen molar-refractivity contribution in [1.82, 2.24) is 0 Å². The molecule has 0 aliphatic rings. The van der Waals surface area contributed by atoms with E-state index in [-0.39, 0.29) is 6.04 Å². The number of hydrogen-bond donors (Lipinski definition) is 2. The van der Waals surface area contributed by atoms with Gasteiger partial charge in [-0.05, 0) is 18.9 Å². The van der Waals surface area contributed by atoms with E-state index in [4.69, 9.17) is 10.8 Å². The molecule has 0 aliphatic carbocycles. The predicted molar refractivity (Wildman–Crippen MR) is 49.5 cm³/mol. The zero-order valence-corrected chi connectivity index (χ0v) is 6.98. The first kappa shape index (κ1) is 9.23. The molecule has 0 aromatic heterocycles. The van der Waals surface area contributed by atoms with E-state index < -0.39 is 6.10 Å². The van der Waals surface area contributed by atoms with Gasteiger partial charge in [0, 0.05) is 6.04 Å². The fourth-order valence-electron chi connectivity index (χ4n) is 1.02. The maximum atomic E-state index is 9.05. The van der Waals surface area contributed by atoms with Gasteiger partial charge in [0.05, 0.1) is 6.10 Å². The van der Waals surface area contributed by atoms with Gasteiger partial charge < -0.3 is 10.8 Å². The second-order valence-electron chi connectivity index (χ2n) is 2.92. The van der Waals surface area contributed by atoms with Crippen molar-refractivity contribution in [2.24, 2.45) is 5.73 Å². The largest absolute Gasteiger partial charge is 0.392 e. The molecule has 12 heavy (non-hydrogen) atoms. The Morgan fingerprint density at radius 2 is 1.92 bits per heavy atom. The summed E-state index contributed by atoms with van der Waals surface area (Å²) in [4.78, 5) is 0. The van der Waals surface area contributed by atoms with Crippen molar-refractivity contribution in [3.63, 3.8) is 0 Å². The van der Waals surface area contributed by atoms with Gasteiger partial charge in [-0.2, -0.15) is 0 Å². The van der Waals surface area contributed by atoms with E-state index >= 15 is 0 Å². The third kappa shape index (κ3) is 2.64. The molecule has 1 aromatic carbocycles. The van der Waals surface area contributed by atoms with E-state index in [0.717, 1.165) is 5.56 Å². The molecule has 0 heterocycles. The SMILES string of the molecule is [CH2]C(O)[C@@H](N)Cc1ccccc1. The summed E-state index contributed by atoms with van der Waals surface area (Å²) in [6, 6.07) is 9.57. The zero-order valence-electron chi connectivity index (χ0n) is 6.98. The number of hydrogen-bond acceptors (Lipinski definition) is 2. The van der Waals surface area contributed by atoms with Crippen LogP contribution in [0.4, 0.5) is 0 Å². The molecule has 1 unspecified atom stereocenters. The van der Waals surface area contributed by atoms with Crippen LogP contribution >= 0.6 is 0 Å². The van der Waals surface area contributed by atoms with Crippen molar-refractivity contribution in [3.05, 3.63) is 42.8 Å². The molecule has 1 rings (SSSR count). The van der Waals surface area contributed by atoms with Crippen molar-refractivity contribution >= 4 is 0 Å². The van der Waals surface area contributed by atoms with Crippen LogP contribution in [0.1, 0.15) is 5.56 Å².